The van der Waals surface area contributed by atoms with Crippen LogP contribution in [0.4, 0.5) is 0 Å². The third-order valence-corrected chi connectivity index (χ3v) is 3.97. The molecule has 1 heterocycles. The van der Waals surface area contributed by atoms with Crippen LogP contribution in [0.3, 0.4) is 0 Å². The molecule has 106 valence electrons. The van der Waals surface area contributed by atoms with Crippen molar-refractivity contribution in [3.05, 3.63) is 5.82 Å². The van der Waals surface area contributed by atoms with Crippen LogP contribution < -0.4 is 0 Å². The molecule has 1 amide bonds. The fraction of sp³-hybridized carbons (Fsp3) is 0.846. The maximum absolute atomic E-state index is 12.5. The van der Waals surface area contributed by atoms with E-state index in [1.165, 1.54) is 12.8 Å². The fourth-order valence-electron chi connectivity index (χ4n) is 2.86. The Morgan fingerprint density at radius 2 is 2.32 bits per heavy atom. The first-order valence-corrected chi connectivity index (χ1v) is 7.21. The minimum Gasteiger partial charge on any atom is -0.342 e. The molecule has 1 N–H and O–H groups in total. The third kappa shape index (κ3) is 3.75. The van der Waals surface area contributed by atoms with Gasteiger partial charge in [-0.1, -0.05) is 25.0 Å². The normalized spacial score (nSPS) is 23.3. The Balaban J connectivity index is 1.87. The number of H-pyrrole nitrogens is 1. The molecule has 6 heteroatoms. The maximum atomic E-state index is 12.5. The SMILES string of the molecule is CCN(CCc1nn[nH]n1)C(=O)C1CCCC(C)C1. The number of aromatic amines is 1. The van der Waals surface area contributed by atoms with Crippen molar-refractivity contribution < 1.29 is 4.79 Å². The van der Waals surface area contributed by atoms with Gasteiger partial charge in [-0.2, -0.15) is 5.21 Å². The number of carbonyl (C=O) groups excluding carboxylic acids is 1. The molecule has 2 atom stereocenters. The molecule has 0 radical (unpaired) electrons. The molecule has 1 aliphatic carbocycles. The third-order valence-electron chi connectivity index (χ3n) is 3.97. The number of rotatable bonds is 5. The molecule has 0 aliphatic heterocycles. The molecular formula is C13H23N5O. The summed E-state index contributed by atoms with van der Waals surface area (Å²) in [6.07, 6.45) is 5.19. The van der Waals surface area contributed by atoms with Crippen molar-refractivity contribution in [2.75, 3.05) is 13.1 Å². The average molecular weight is 265 g/mol. The summed E-state index contributed by atoms with van der Waals surface area (Å²) in [6, 6.07) is 0. The van der Waals surface area contributed by atoms with Crippen molar-refractivity contribution in [3.63, 3.8) is 0 Å². The van der Waals surface area contributed by atoms with Crippen LogP contribution in [0.1, 0.15) is 45.4 Å². The van der Waals surface area contributed by atoms with Gasteiger partial charge in [-0.05, 0) is 25.7 Å². The smallest absolute Gasteiger partial charge is 0.225 e. The Kier molecular flexibility index (Phi) is 4.87. The lowest BCUT2D eigenvalue weighted by atomic mass is 9.81. The molecule has 1 aromatic heterocycles. The van der Waals surface area contributed by atoms with Gasteiger partial charge in [0, 0.05) is 25.4 Å². The first-order valence-electron chi connectivity index (χ1n) is 7.21. The molecule has 1 saturated carbocycles. The van der Waals surface area contributed by atoms with Gasteiger partial charge in [-0.15, -0.1) is 10.2 Å². The highest BCUT2D eigenvalue weighted by Gasteiger charge is 2.28. The number of amides is 1. The predicted molar refractivity (Wildman–Crippen MR) is 71.3 cm³/mol. The van der Waals surface area contributed by atoms with Crippen LogP contribution in [0.2, 0.25) is 0 Å². The Morgan fingerprint density at radius 1 is 1.47 bits per heavy atom. The molecule has 0 bridgehead atoms. The summed E-state index contributed by atoms with van der Waals surface area (Å²) in [5, 5.41) is 13.8. The quantitative estimate of drug-likeness (QED) is 0.873. The molecule has 6 nitrogen and oxygen atoms in total. The second-order valence-electron chi connectivity index (χ2n) is 5.46. The molecule has 2 rings (SSSR count). The van der Waals surface area contributed by atoms with Crippen LogP contribution in [0.25, 0.3) is 0 Å². The van der Waals surface area contributed by atoms with Gasteiger partial charge in [-0.3, -0.25) is 4.79 Å². The lowest BCUT2D eigenvalue weighted by molar-refractivity contribution is -0.136. The predicted octanol–water partition coefficient (Wildman–Crippen LogP) is 1.42. The zero-order valence-electron chi connectivity index (χ0n) is 11.8. The van der Waals surface area contributed by atoms with Gasteiger partial charge < -0.3 is 4.90 Å². The van der Waals surface area contributed by atoms with Crippen molar-refractivity contribution in [2.45, 2.75) is 46.0 Å². The number of carbonyl (C=O) groups is 1. The standard InChI is InChI=1S/C13H23N5O/c1-3-18(8-7-12-14-16-17-15-12)13(19)11-6-4-5-10(2)9-11/h10-11H,3-9H2,1-2H3,(H,14,15,16,17). The van der Waals surface area contributed by atoms with Gasteiger partial charge in [0.2, 0.25) is 5.91 Å². The Bertz CT molecular complexity index is 392. The summed E-state index contributed by atoms with van der Waals surface area (Å²) in [5.41, 5.74) is 0. The second-order valence-corrected chi connectivity index (χ2v) is 5.46. The number of likely N-dealkylation sites (N-methyl/N-ethyl adjacent to an activating group) is 1. The number of tetrazole rings is 1. The summed E-state index contributed by atoms with van der Waals surface area (Å²) >= 11 is 0. The minimum atomic E-state index is 0.217. The minimum absolute atomic E-state index is 0.217. The molecule has 0 aromatic carbocycles. The Hall–Kier alpha value is -1.46. The van der Waals surface area contributed by atoms with Gasteiger partial charge in [-0.25, -0.2) is 0 Å². The van der Waals surface area contributed by atoms with Crippen LogP contribution in [-0.2, 0) is 11.2 Å². The molecule has 19 heavy (non-hydrogen) atoms. The molecule has 1 fully saturated rings. The fourth-order valence-corrected chi connectivity index (χ4v) is 2.86. The molecule has 0 saturated heterocycles. The second kappa shape index (κ2) is 6.63. The van der Waals surface area contributed by atoms with Crippen LogP contribution >= 0.6 is 0 Å². The highest BCUT2D eigenvalue weighted by Crippen LogP contribution is 2.29. The average Bonchev–Trinajstić information content (AvgIpc) is 2.92. The number of aromatic nitrogens is 4. The van der Waals surface area contributed by atoms with Gasteiger partial charge in [0.05, 0.1) is 0 Å². The van der Waals surface area contributed by atoms with Crippen molar-refractivity contribution in [1.29, 1.82) is 0 Å². The largest absolute Gasteiger partial charge is 0.342 e. The first-order chi connectivity index (χ1) is 9.20. The Morgan fingerprint density at radius 3 is 2.95 bits per heavy atom. The highest BCUT2D eigenvalue weighted by atomic mass is 16.2. The zero-order chi connectivity index (χ0) is 13.7. The summed E-state index contributed by atoms with van der Waals surface area (Å²) in [7, 11) is 0. The maximum Gasteiger partial charge on any atom is 0.225 e. The summed E-state index contributed by atoms with van der Waals surface area (Å²) < 4.78 is 0. The molecule has 2 unspecified atom stereocenters. The summed E-state index contributed by atoms with van der Waals surface area (Å²) in [6.45, 7) is 5.71. The van der Waals surface area contributed by atoms with Gasteiger partial charge in [0.25, 0.3) is 0 Å². The topological polar surface area (TPSA) is 74.8 Å². The number of nitrogens with zero attached hydrogens (tertiary/aromatic N) is 4. The van der Waals surface area contributed by atoms with E-state index in [1.54, 1.807) is 0 Å². The van der Waals surface area contributed by atoms with E-state index in [0.717, 1.165) is 19.4 Å². The number of hydrogen-bond donors (Lipinski definition) is 1. The van der Waals surface area contributed by atoms with Crippen molar-refractivity contribution in [3.8, 4) is 0 Å². The van der Waals surface area contributed by atoms with Crippen LogP contribution in [0.15, 0.2) is 0 Å². The van der Waals surface area contributed by atoms with Crippen LogP contribution in [0, 0.1) is 11.8 Å². The highest BCUT2D eigenvalue weighted by molar-refractivity contribution is 5.78. The van der Waals surface area contributed by atoms with Crippen molar-refractivity contribution >= 4 is 5.91 Å². The molecule has 0 spiro atoms. The van der Waals surface area contributed by atoms with Gasteiger partial charge in [0.1, 0.15) is 0 Å². The molecule has 1 aliphatic rings. The van der Waals surface area contributed by atoms with E-state index in [-0.39, 0.29) is 5.92 Å². The molecular weight excluding hydrogens is 242 g/mol. The number of hydrogen-bond acceptors (Lipinski definition) is 4. The van der Waals surface area contributed by atoms with E-state index in [4.69, 9.17) is 0 Å². The Labute approximate surface area is 113 Å². The molecule has 1 aromatic rings. The lowest BCUT2D eigenvalue weighted by Crippen LogP contribution is -2.39. The summed E-state index contributed by atoms with van der Waals surface area (Å²) in [5.74, 6) is 1.87. The van der Waals surface area contributed by atoms with E-state index in [9.17, 15) is 4.79 Å². The van der Waals surface area contributed by atoms with Crippen molar-refractivity contribution in [2.24, 2.45) is 11.8 Å². The van der Waals surface area contributed by atoms with Gasteiger partial charge in [0.15, 0.2) is 5.82 Å². The van der Waals surface area contributed by atoms with E-state index < -0.39 is 0 Å². The lowest BCUT2D eigenvalue weighted by Gasteiger charge is -2.30. The van der Waals surface area contributed by atoms with E-state index in [0.29, 0.717) is 30.6 Å². The van der Waals surface area contributed by atoms with Crippen molar-refractivity contribution in [1.82, 2.24) is 25.5 Å². The zero-order valence-corrected chi connectivity index (χ0v) is 11.8. The van der Waals surface area contributed by atoms with E-state index in [2.05, 4.69) is 27.5 Å². The van der Waals surface area contributed by atoms with Crippen LogP contribution in [-0.4, -0.2) is 44.5 Å². The monoisotopic (exact) mass is 265 g/mol. The van der Waals surface area contributed by atoms with E-state index in [1.807, 2.05) is 11.8 Å². The first kappa shape index (κ1) is 14.0. The summed E-state index contributed by atoms with van der Waals surface area (Å²) in [4.78, 5) is 14.4. The van der Waals surface area contributed by atoms with Gasteiger partial charge >= 0.3 is 0 Å². The van der Waals surface area contributed by atoms with E-state index >= 15 is 0 Å². The van der Waals surface area contributed by atoms with Crippen LogP contribution in [0.5, 0.6) is 0 Å². The number of nitrogens with one attached hydrogen (secondary N) is 1.